The highest BCUT2D eigenvalue weighted by molar-refractivity contribution is 7.99. The molecular weight excluding hydrogens is 244 g/mol. The van der Waals surface area contributed by atoms with Crippen LogP contribution in [0.25, 0.3) is 0 Å². The second-order valence-electron chi connectivity index (χ2n) is 4.54. The predicted octanol–water partition coefficient (Wildman–Crippen LogP) is 2.08. The Morgan fingerprint density at radius 1 is 1.33 bits per heavy atom. The number of nitriles is 1. The van der Waals surface area contributed by atoms with Gasteiger partial charge in [-0.3, -0.25) is 0 Å². The van der Waals surface area contributed by atoms with Crippen molar-refractivity contribution in [3.05, 3.63) is 35.4 Å². The molecule has 0 amide bonds. The molecule has 18 heavy (non-hydrogen) atoms. The van der Waals surface area contributed by atoms with E-state index in [2.05, 4.69) is 11.4 Å². The van der Waals surface area contributed by atoms with E-state index >= 15 is 0 Å². The number of hydrogen-bond acceptors (Lipinski definition) is 4. The van der Waals surface area contributed by atoms with E-state index in [1.54, 1.807) is 12.1 Å². The Morgan fingerprint density at radius 3 is 2.61 bits per heavy atom. The van der Waals surface area contributed by atoms with E-state index in [1.165, 1.54) is 24.3 Å². The van der Waals surface area contributed by atoms with Gasteiger partial charge in [-0.15, -0.1) is 0 Å². The zero-order valence-electron chi connectivity index (χ0n) is 10.3. The molecule has 0 aromatic heterocycles. The van der Waals surface area contributed by atoms with Crippen LogP contribution in [-0.4, -0.2) is 29.2 Å². The van der Waals surface area contributed by atoms with Crippen LogP contribution < -0.4 is 5.32 Å². The number of nitrogens with one attached hydrogen (secondary N) is 1. The fourth-order valence-corrected chi connectivity index (χ4v) is 3.18. The van der Waals surface area contributed by atoms with Gasteiger partial charge in [0.2, 0.25) is 0 Å². The first-order chi connectivity index (χ1) is 8.79. The zero-order chi connectivity index (χ0) is 12.8. The van der Waals surface area contributed by atoms with E-state index in [0.717, 1.165) is 5.56 Å². The number of aliphatic hydroxyl groups is 1. The Balaban J connectivity index is 1.83. The Labute approximate surface area is 112 Å². The van der Waals surface area contributed by atoms with E-state index in [0.29, 0.717) is 18.2 Å². The Bertz CT molecular complexity index is 407. The van der Waals surface area contributed by atoms with Crippen molar-refractivity contribution in [3.8, 4) is 6.07 Å². The summed E-state index contributed by atoms with van der Waals surface area (Å²) in [6.45, 7) is 0.585. The topological polar surface area (TPSA) is 56.0 Å². The average molecular weight is 262 g/mol. The lowest BCUT2D eigenvalue weighted by Crippen LogP contribution is -2.35. The highest BCUT2D eigenvalue weighted by Gasteiger charge is 2.15. The lowest BCUT2D eigenvalue weighted by molar-refractivity contribution is 0.169. The lowest BCUT2D eigenvalue weighted by Gasteiger charge is -2.24. The maximum atomic E-state index is 10.1. The molecule has 1 saturated heterocycles. The second kappa shape index (κ2) is 6.79. The number of hydrogen-bond donors (Lipinski definition) is 2. The van der Waals surface area contributed by atoms with Gasteiger partial charge in [-0.1, -0.05) is 12.1 Å². The normalized spacial score (nSPS) is 18.2. The van der Waals surface area contributed by atoms with Gasteiger partial charge in [0.15, 0.2) is 0 Å². The molecule has 4 heteroatoms. The van der Waals surface area contributed by atoms with Crippen LogP contribution in [0, 0.1) is 11.3 Å². The van der Waals surface area contributed by atoms with Crippen molar-refractivity contribution in [2.45, 2.75) is 25.0 Å². The van der Waals surface area contributed by atoms with Crippen molar-refractivity contribution in [3.63, 3.8) is 0 Å². The van der Waals surface area contributed by atoms with Gasteiger partial charge in [-0.25, -0.2) is 0 Å². The zero-order valence-corrected chi connectivity index (χ0v) is 11.1. The molecule has 2 N–H and O–H groups in total. The summed E-state index contributed by atoms with van der Waals surface area (Å²) in [5.74, 6) is 2.43. The van der Waals surface area contributed by atoms with Gasteiger partial charge < -0.3 is 10.4 Å². The molecule has 1 aromatic carbocycles. The summed E-state index contributed by atoms with van der Waals surface area (Å²) in [5.41, 5.74) is 1.50. The molecule has 1 aliphatic heterocycles. The molecule has 96 valence electrons. The number of benzene rings is 1. The monoisotopic (exact) mass is 262 g/mol. The molecule has 1 fully saturated rings. The highest BCUT2D eigenvalue weighted by Crippen LogP contribution is 2.18. The fourth-order valence-electron chi connectivity index (χ4n) is 2.08. The van der Waals surface area contributed by atoms with Gasteiger partial charge in [-0.05, 0) is 42.0 Å². The SMILES string of the molecule is N#Cc1ccc(C(O)CNC2CCSCC2)cc1. The summed E-state index contributed by atoms with van der Waals surface area (Å²) in [7, 11) is 0. The van der Waals surface area contributed by atoms with Crippen molar-refractivity contribution in [1.82, 2.24) is 5.32 Å². The van der Waals surface area contributed by atoms with Gasteiger partial charge in [0.05, 0.1) is 17.7 Å². The van der Waals surface area contributed by atoms with Crippen LogP contribution in [0.1, 0.15) is 30.1 Å². The van der Waals surface area contributed by atoms with Crippen LogP contribution in [0.5, 0.6) is 0 Å². The lowest BCUT2D eigenvalue weighted by atomic mass is 10.1. The van der Waals surface area contributed by atoms with Crippen molar-refractivity contribution in [2.24, 2.45) is 0 Å². The van der Waals surface area contributed by atoms with E-state index in [1.807, 2.05) is 23.9 Å². The largest absolute Gasteiger partial charge is 0.387 e. The van der Waals surface area contributed by atoms with Crippen LogP contribution in [-0.2, 0) is 0 Å². The molecular formula is C14H18N2OS. The minimum absolute atomic E-state index is 0.493. The van der Waals surface area contributed by atoms with Crippen LogP contribution in [0.4, 0.5) is 0 Å². The molecule has 0 saturated carbocycles. The van der Waals surface area contributed by atoms with Gasteiger partial charge in [0.25, 0.3) is 0 Å². The molecule has 1 aliphatic rings. The molecule has 0 radical (unpaired) electrons. The third-order valence-corrected chi connectivity index (χ3v) is 4.29. The van der Waals surface area contributed by atoms with Crippen molar-refractivity contribution in [1.29, 1.82) is 5.26 Å². The van der Waals surface area contributed by atoms with Crippen molar-refractivity contribution >= 4 is 11.8 Å². The van der Waals surface area contributed by atoms with Gasteiger partial charge in [0, 0.05) is 12.6 Å². The number of thioether (sulfide) groups is 1. The van der Waals surface area contributed by atoms with E-state index < -0.39 is 6.10 Å². The standard InChI is InChI=1S/C14H18N2OS/c15-9-11-1-3-12(4-2-11)14(17)10-16-13-5-7-18-8-6-13/h1-4,13-14,16-17H,5-8,10H2. The Morgan fingerprint density at radius 2 is 2.00 bits per heavy atom. The minimum atomic E-state index is -0.493. The first-order valence-corrected chi connectivity index (χ1v) is 7.44. The molecule has 1 atom stereocenters. The number of rotatable bonds is 4. The molecule has 0 spiro atoms. The summed E-state index contributed by atoms with van der Waals surface area (Å²) >= 11 is 2.00. The maximum Gasteiger partial charge on any atom is 0.0991 e. The van der Waals surface area contributed by atoms with Gasteiger partial charge in [0.1, 0.15) is 0 Å². The predicted molar refractivity (Wildman–Crippen MR) is 74.5 cm³/mol. The molecule has 1 unspecified atom stereocenters. The Hall–Kier alpha value is -1.02. The molecule has 1 aromatic rings. The molecule has 0 bridgehead atoms. The smallest absolute Gasteiger partial charge is 0.0991 e. The first kappa shape index (κ1) is 13.4. The number of aliphatic hydroxyl groups excluding tert-OH is 1. The second-order valence-corrected chi connectivity index (χ2v) is 5.77. The summed E-state index contributed by atoms with van der Waals surface area (Å²) in [6, 6.07) is 9.75. The van der Waals surface area contributed by atoms with Crippen molar-refractivity contribution < 1.29 is 5.11 Å². The van der Waals surface area contributed by atoms with Crippen LogP contribution in [0.2, 0.25) is 0 Å². The third kappa shape index (κ3) is 3.74. The quantitative estimate of drug-likeness (QED) is 0.872. The minimum Gasteiger partial charge on any atom is -0.387 e. The first-order valence-electron chi connectivity index (χ1n) is 6.29. The molecule has 3 nitrogen and oxygen atoms in total. The highest BCUT2D eigenvalue weighted by atomic mass is 32.2. The molecule has 1 heterocycles. The molecule has 2 rings (SSSR count). The van der Waals surface area contributed by atoms with Crippen LogP contribution in [0.3, 0.4) is 0 Å². The van der Waals surface area contributed by atoms with E-state index in [4.69, 9.17) is 5.26 Å². The average Bonchev–Trinajstić information content (AvgIpc) is 2.46. The van der Waals surface area contributed by atoms with Gasteiger partial charge >= 0.3 is 0 Å². The van der Waals surface area contributed by atoms with E-state index in [-0.39, 0.29) is 0 Å². The van der Waals surface area contributed by atoms with Gasteiger partial charge in [-0.2, -0.15) is 17.0 Å². The van der Waals surface area contributed by atoms with Crippen LogP contribution in [0.15, 0.2) is 24.3 Å². The summed E-state index contributed by atoms with van der Waals surface area (Å²) in [5, 5.41) is 22.2. The number of nitrogens with zero attached hydrogens (tertiary/aromatic N) is 1. The summed E-state index contributed by atoms with van der Waals surface area (Å²) < 4.78 is 0. The third-order valence-electron chi connectivity index (χ3n) is 3.25. The van der Waals surface area contributed by atoms with Crippen molar-refractivity contribution in [2.75, 3.05) is 18.1 Å². The van der Waals surface area contributed by atoms with Crippen LogP contribution >= 0.6 is 11.8 Å². The Kier molecular flexibility index (Phi) is 5.06. The summed E-state index contributed by atoms with van der Waals surface area (Å²) in [4.78, 5) is 0. The maximum absolute atomic E-state index is 10.1. The fraction of sp³-hybridized carbons (Fsp3) is 0.500. The summed E-state index contributed by atoms with van der Waals surface area (Å²) in [6.07, 6.45) is 1.88. The van der Waals surface area contributed by atoms with E-state index in [9.17, 15) is 5.11 Å². The molecule has 0 aliphatic carbocycles.